The molecule has 2 aromatic rings. The van der Waals surface area contributed by atoms with E-state index in [1.54, 1.807) is 0 Å². The maximum absolute atomic E-state index is 12.0. The normalized spacial score (nSPS) is 9.70. The fourth-order valence-corrected chi connectivity index (χ4v) is 1.65. The lowest BCUT2D eigenvalue weighted by atomic mass is 10.1. The predicted molar refractivity (Wildman–Crippen MR) is 76.3 cm³/mol. The van der Waals surface area contributed by atoms with E-state index in [9.17, 15) is 4.79 Å². The van der Waals surface area contributed by atoms with Crippen LogP contribution in [0.15, 0.2) is 30.6 Å². The molecule has 0 aliphatic rings. The molecule has 5 nitrogen and oxygen atoms in total. The number of hydrogen-bond donors (Lipinski definition) is 3. The molecule has 5 heteroatoms. The van der Waals surface area contributed by atoms with E-state index < -0.39 is 0 Å². The Balaban J connectivity index is 2.24. The molecule has 2 rings (SSSR count). The van der Waals surface area contributed by atoms with Gasteiger partial charge in [-0.25, -0.2) is 0 Å². The first-order valence-electron chi connectivity index (χ1n) is 6.21. The number of carbonyl (C=O) groups excluding carboxylic acids is 1. The van der Waals surface area contributed by atoms with Gasteiger partial charge in [0.05, 0.1) is 24.1 Å². The third-order valence-corrected chi connectivity index (χ3v) is 2.64. The number of H-pyrrole nitrogens is 1. The third kappa shape index (κ3) is 3.46. The van der Waals surface area contributed by atoms with Crippen LogP contribution in [0.3, 0.4) is 0 Å². The van der Waals surface area contributed by atoms with E-state index in [2.05, 4.69) is 27.4 Å². The van der Waals surface area contributed by atoms with Crippen LogP contribution in [0.1, 0.15) is 27.9 Å². The van der Waals surface area contributed by atoms with Crippen LogP contribution in [-0.2, 0) is 0 Å². The van der Waals surface area contributed by atoms with Crippen LogP contribution in [0, 0.1) is 18.8 Å². The van der Waals surface area contributed by atoms with Gasteiger partial charge in [-0.15, -0.1) is 0 Å². The lowest BCUT2D eigenvalue weighted by Crippen LogP contribution is -2.12. The van der Waals surface area contributed by atoms with Gasteiger partial charge in [0.25, 0.3) is 5.91 Å². The summed E-state index contributed by atoms with van der Waals surface area (Å²) in [4.78, 5) is 12.0. The molecule has 0 saturated carbocycles. The first-order chi connectivity index (χ1) is 9.70. The SMILES string of the molecule is Cc1ccc(C#CCCO)c(NC(=O)c2cn[nH]c2)c1. The largest absolute Gasteiger partial charge is 0.395 e. The van der Waals surface area contributed by atoms with Crippen LogP contribution in [0.5, 0.6) is 0 Å². The average Bonchev–Trinajstić information content (AvgIpc) is 2.95. The third-order valence-electron chi connectivity index (χ3n) is 2.64. The average molecular weight is 269 g/mol. The van der Waals surface area contributed by atoms with Gasteiger partial charge in [0, 0.05) is 18.2 Å². The molecular formula is C15H15N3O2. The molecule has 1 amide bonds. The first-order valence-corrected chi connectivity index (χ1v) is 6.21. The van der Waals surface area contributed by atoms with E-state index >= 15 is 0 Å². The Bertz CT molecular complexity index is 651. The number of carbonyl (C=O) groups is 1. The molecule has 20 heavy (non-hydrogen) atoms. The summed E-state index contributed by atoms with van der Waals surface area (Å²) in [5, 5.41) is 17.9. The Labute approximate surface area is 117 Å². The van der Waals surface area contributed by atoms with Gasteiger partial charge in [0.1, 0.15) is 0 Å². The van der Waals surface area contributed by atoms with Crippen molar-refractivity contribution in [2.75, 3.05) is 11.9 Å². The van der Waals surface area contributed by atoms with Crippen molar-refractivity contribution < 1.29 is 9.90 Å². The number of rotatable bonds is 3. The second-order valence-electron chi connectivity index (χ2n) is 4.27. The number of anilines is 1. The Morgan fingerprint density at radius 2 is 2.35 bits per heavy atom. The van der Waals surface area contributed by atoms with Crippen LogP contribution < -0.4 is 5.32 Å². The summed E-state index contributed by atoms with van der Waals surface area (Å²) < 4.78 is 0. The van der Waals surface area contributed by atoms with Gasteiger partial charge in [-0.05, 0) is 24.6 Å². The van der Waals surface area contributed by atoms with Gasteiger partial charge in [0.2, 0.25) is 0 Å². The Kier molecular flexibility index (Phi) is 4.53. The first kappa shape index (κ1) is 13.8. The summed E-state index contributed by atoms with van der Waals surface area (Å²) in [6.45, 7) is 1.97. The Hall–Kier alpha value is -2.58. The number of aryl methyl sites for hydroxylation is 1. The smallest absolute Gasteiger partial charge is 0.258 e. The molecule has 0 aliphatic carbocycles. The highest BCUT2D eigenvalue weighted by atomic mass is 16.2. The number of nitrogens with one attached hydrogen (secondary N) is 2. The Morgan fingerprint density at radius 3 is 3.05 bits per heavy atom. The molecule has 0 fully saturated rings. The van der Waals surface area contributed by atoms with Crippen molar-refractivity contribution in [1.29, 1.82) is 0 Å². The quantitative estimate of drug-likeness (QED) is 0.742. The molecule has 0 spiro atoms. The monoisotopic (exact) mass is 269 g/mol. The standard InChI is InChI=1S/C15H15N3O2/c1-11-5-6-12(4-2-3-7-19)14(8-11)18-15(20)13-9-16-17-10-13/h5-6,8-10,19H,3,7H2,1H3,(H,16,17)(H,18,20). The molecule has 102 valence electrons. The molecular weight excluding hydrogens is 254 g/mol. The highest BCUT2D eigenvalue weighted by Crippen LogP contribution is 2.17. The summed E-state index contributed by atoms with van der Waals surface area (Å²) in [7, 11) is 0. The van der Waals surface area contributed by atoms with Gasteiger partial charge in [-0.1, -0.05) is 17.9 Å². The van der Waals surface area contributed by atoms with Crippen LogP contribution >= 0.6 is 0 Å². The summed E-state index contributed by atoms with van der Waals surface area (Å²) in [5.41, 5.74) is 2.86. The van der Waals surface area contributed by atoms with E-state index in [0.717, 1.165) is 11.1 Å². The summed E-state index contributed by atoms with van der Waals surface area (Å²) in [5.74, 6) is 5.55. The van der Waals surface area contributed by atoms with Crippen molar-refractivity contribution in [1.82, 2.24) is 10.2 Å². The van der Waals surface area contributed by atoms with E-state index in [1.165, 1.54) is 12.4 Å². The molecule has 1 aromatic carbocycles. The van der Waals surface area contributed by atoms with Gasteiger partial charge >= 0.3 is 0 Å². The van der Waals surface area contributed by atoms with Crippen LogP contribution in [0.4, 0.5) is 5.69 Å². The molecule has 0 saturated heterocycles. The number of aromatic amines is 1. The van der Waals surface area contributed by atoms with Crippen molar-refractivity contribution in [2.45, 2.75) is 13.3 Å². The molecule has 0 atom stereocenters. The molecule has 1 heterocycles. The summed E-state index contributed by atoms with van der Waals surface area (Å²) in [6.07, 6.45) is 3.40. The number of aromatic nitrogens is 2. The zero-order valence-corrected chi connectivity index (χ0v) is 11.1. The second-order valence-corrected chi connectivity index (χ2v) is 4.27. The van der Waals surface area contributed by atoms with Crippen LogP contribution in [0.25, 0.3) is 0 Å². The molecule has 1 aromatic heterocycles. The van der Waals surface area contributed by atoms with E-state index in [-0.39, 0.29) is 12.5 Å². The lowest BCUT2D eigenvalue weighted by molar-refractivity contribution is 0.102. The molecule has 0 aliphatic heterocycles. The van der Waals surface area contributed by atoms with Gasteiger partial charge in [0.15, 0.2) is 0 Å². The van der Waals surface area contributed by atoms with Crippen LogP contribution in [0.2, 0.25) is 0 Å². The maximum Gasteiger partial charge on any atom is 0.258 e. The summed E-state index contributed by atoms with van der Waals surface area (Å²) >= 11 is 0. The minimum atomic E-state index is -0.241. The second kappa shape index (κ2) is 6.55. The fourth-order valence-electron chi connectivity index (χ4n) is 1.65. The predicted octanol–water partition coefficient (Wildman–Crippen LogP) is 1.70. The molecule has 0 bridgehead atoms. The van der Waals surface area contributed by atoms with Gasteiger partial charge < -0.3 is 10.4 Å². The highest BCUT2D eigenvalue weighted by molar-refractivity contribution is 6.04. The number of nitrogens with zero attached hydrogens (tertiary/aromatic N) is 1. The van der Waals surface area contributed by atoms with Crippen LogP contribution in [-0.4, -0.2) is 27.8 Å². The number of aliphatic hydroxyl groups is 1. The van der Waals surface area contributed by atoms with Crippen molar-refractivity contribution in [2.24, 2.45) is 0 Å². The van der Waals surface area contributed by atoms with E-state index in [4.69, 9.17) is 5.11 Å². The van der Waals surface area contributed by atoms with Gasteiger partial charge in [-0.2, -0.15) is 5.10 Å². The van der Waals surface area contributed by atoms with E-state index in [1.807, 2.05) is 25.1 Å². The van der Waals surface area contributed by atoms with Crippen molar-refractivity contribution in [3.05, 3.63) is 47.3 Å². The van der Waals surface area contributed by atoms with Crippen molar-refractivity contribution >= 4 is 11.6 Å². The fraction of sp³-hybridized carbons (Fsp3) is 0.200. The van der Waals surface area contributed by atoms with Crippen molar-refractivity contribution in [3.63, 3.8) is 0 Å². The van der Waals surface area contributed by atoms with Crippen molar-refractivity contribution in [3.8, 4) is 11.8 Å². The molecule has 3 N–H and O–H groups in total. The number of hydrogen-bond acceptors (Lipinski definition) is 3. The minimum Gasteiger partial charge on any atom is -0.395 e. The number of aliphatic hydroxyl groups excluding tert-OH is 1. The summed E-state index contributed by atoms with van der Waals surface area (Å²) in [6, 6.07) is 5.64. The minimum absolute atomic E-state index is 0.0234. The van der Waals surface area contributed by atoms with Gasteiger partial charge in [-0.3, -0.25) is 9.89 Å². The Morgan fingerprint density at radius 1 is 1.50 bits per heavy atom. The zero-order chi connectivity index (χ0) is 14.4. The maximum atomic E-state index is 12.0. The molecule has 0 unspecified atom stereocenters. The highest BCUT2D eigenvalue weighted by Gasteiger charge is 2.09. The topological polar surface area (TPSA) is 78.0 Å². The number of benzene rings is 1. The molecule has 0 radical (unpaired) electrons. The number of amides is 1. The van der Waals surface area contributed by atoms with E-state index in [0.29, 0.717) is 17.7 Å². The zero-order valence-electron chi connectivity index (χ0n) is 11.1. The lowest BCUT2D eigenvalue weighted by Gasteiger charge is -2.07.